The fourth-order valence-electron chi connectivity index (χ4n) is 3.36. The van der Waals surface area contributed by atoms with Crippen LogP contribution in [0.3, 0.4) is 0 Å². The zero-order valence-corrected chi connectivity index (χ0v) is 16.1. The molecular formula is C21H28N2OS. The summed E-state index contributed by atoms with van der Waals surface area (Å²) in [6.45, 7) is 8.22. The summed E-state index contributed by atoms with van der Waals surface area (Å²) in [4.78, 5) is 16.1. The van der Waals surface area contributed by atoms with Gasteiger partial charge in [0.15, 0.2) is 0 Å². The predicted molar refractivity (Wildman–Crippen MR) is 105 cm³/mol. The number of hydrogen-bond donors (Lipinski definition) is 1. The van der Waals surface area contributed by atoms with Gasteiger partial charge >= 0.3 is 0 Å². The van der Waals surface area contributed by atoms with Crippen LogP contribution < -0.4 is 5.32 Å². The van der Waals surface area contributed by atoms with E-state index >= 15 is 0 Å². The third-order valence-electron chi connectivity index (χ3n) is 4.67. The molecule has 1 N–H and O–H groups in total. The number of nitrogens with one attached hydrogen (secondary N) is 1. The third kappa shape index (κ3) is 5.41. The van der Waals surface area contributed by atoms with Gasteiger partial charge in [0.2, 0.25) is 5.91 Å². The Bertz CT molecular complexity index is 690. The lowest BCUT2D eigenvalue weighted by Crippen LogP contribution is -2.37. The minimum atomic E-state index is 0.116. The first-order valence-corrected chi connectivity index (χ1v) is 10.1. The summed E-state index contributed by atoms with van der Waals surface area (Å²) in [5, 5.41) is 5.25. The number of hydrogen-bond acceptors (Lipinski definition) is 3. The Morgan fingerprint density at radius 2 is 1.96 bits per heavy atom. The summed E-state index contributed by atoms with van der Waals surface area (Å²) in [6, 6.07) is 10.7. The molecule has 3 nitrogen and oxygen atoms in total. The number of benzene rings is 1. The van der Waals surface area contributed by atoms with Gasteiger partial charge in [0.05, 0.1) is 6.42 Å². The molecule has 0 atom stereocenters. The topological polar surface area (TPSA) is 32.3 Å². The number of amides is 1. The highest BCUT2D eigenvalue weighted by molar-refractivity contribution is 7.10. The fraction of sp³-hybridized carbons (Fsp3) is 0.476. The smallest absolute Gasteiger partial charge is 0.224 e. The van der Waals surface area contributed by atoms with Gasteiger partial charge in [-0.3, -0.25) is 9.69 Å². The summed E-state index contributed by atoms with van der Waals surface area (Å²) in [5.41, 5.74) is 3.90. The van der Waals surface area contributed by atoms with Crippen molar-refractivity contribution in [1.82, 2.24) is 10.2 Å². The molecule has 0 aliphatic carbocycles. The van der Waals surface area contributed by atoms with E-state index in [-0.39, 0.29) is 5.91 Å². The van der Waals surface area contributed by atoms with Crippen LogP contribution in [-0.2, 0) is 30.6 Å². The Morgan fingerprint density at radius 1 is 1.20 bits per heavy atom. The molecule has 0 saturated carbocycles. The van der Waals surface area contributed by atoms with Gasteiger partial charge in [0.25, 0.3) is 0 Å². The number of nitrogens with zero attached hydrogens (tertiary/aromatic N) is 1. The molecule has 3 rings (SSSR count). The molecule has 4 heteroatoms. The summed E-state index contributed by atoms with van der Waals surface area (Å²) >= 11 is 1.86. The minimum Gasteiger partial charge on any atom is -0.355 e. The van der Waals surface area contributed by atoms with Crippen LogP contribution in [0.15, 0.2) is 35.7 Å². The molecule has 0 saturated heterocycles. The molecule has 0 unspecified atom stereocenters. The van der Waals surface area contributed by atoms with Crippen LogP contribution in [0.2, 0.25) is 0 Å². The zero-order chi connectivity index (χ0) is 17.6. The van der Waals surface area contributed by atoms with Gasteiger partial charge in [-0.2, -0.15) is 0 Å². The predicted octanol–water partition coefficient (Wildman–Crippen LogP) is 3.66. The summed E-state index contributed by atoms with van der Waals surface area (Å²) in [5.74, 6) is 0.777. The Labute approximate surface area is 155 Å². The van der Waals surface area contributed by atoms with Crippen molar-refractivity contribution in [2.24, 2.45) is 5.92 Å². The maximum absolute atomic E-state index is 12.1. The highest BCUT2D eigenvalue weighted by Gasteiger charge is 2.16. The number of fused-ring (bicyclic) bond motifs is 1. The Hall–Kier alpha value is -1.65. The second kappa shape index (κ2) is 8.63. The lowest BCUT2D eigenvalue weighted by molar-refractivity contribution is -0.120. The molecule has 0 radical (unpaired) electrons. The molecular weight excluding hydrogens is 328 g/mol. The highest BCUT2D eigenvalue weighted by atomic mass is 32.1. The quantitative estimate of drug-likeness (QED) is 0.821. The van der Waals surface area contributed by atoms with Crippen LogP contribution in [-0.4, -0.2) is 30.4 Å². The van der Waals surface area contributed by atoms with Crippen LogP contribution in [0.5, 0.6) is 0 Å². The van der Waals surface area contributed by atoms with Crippen molar-refractivity contribution in [2.75, 3.05) is 19.6 Å². The van der Waals surface area contributed by atoms with Gasteiger partial charge in [-0.1, -0.05) is 38.1 Å². The average Bonchev–Trinajstić information content (AvgIpc) is 3.04. The van der Waals surface area contributed by atoms with Gasteiger partial charge in [0.1, 0.15) is 0 Å². The van der Waals surface area contributed by atoms with Crippen LogP contribution in [0, 0.1) is 5.92 Å². The maximum Gasteiger partial charge on any atom is 0.224 e. The normalized spacial score (nSPS) is 14.5. The molecule has 0 fully saturated rings. The van der Waals surface area contributed by atoms with Crippen molar-refractivity contribution in [2.45, 2.75) is 39.7 Å². The minimum absolute atomic E-state index is 0.116. The fourth-order valence-corrected chi connectivity index (χ4v) is 4.25. The first-order valence-electron chi connectivity index (χ1n) is 9.22. The van der Waals surface area contributed by atoms with Crippen molar-refractivity contribution in [1.29, 1.82) is 0 Å². The summed E-state index contributed by atoms with van der Waals surface area (Å²) in [7, 11) is 0. The van der Waals surface area contributed by atoms with E-state index in [0.29, 0.717) is 12.3 Å². The standard InChI is InChI=1S/C21H28N2OS/c1-16(2)13-17-3-5-18(6-4-17)14-21(24)22-9-11-23-10-7-20-19(15-23)8-12-25-20/h3-6,8,12,16H,7,9-11,13-15H2,1-2H3,(H,22,24). The second-order valence-corrected chi connectivity index (χ2v) is 8.34. The van der Waals surface area contributed by atoms with Gasteiger partial charge in [-0.25, -0.2) is 0 Å². The Balaban J connectivity index is 1.38. The number of carbonyl (C=O) groups is 1. The number of thiophene rings is 1. The molecule has 2 heterocycles. The van der Waals surface area contributed by atoms with Crippen LogP contribution >= 0.6 is 11.3 Å². The Kier molecular flexibility index (Phi) is 6.27. The zero-order valence-electron chi connectivity index (χ0n) is 15.3. The van der Waals surface area contributed by atoms with Gasteiger partial charge in [0, 0.05) is 31.1 Å². The van der Waals surface area contributed by atoms with Crippen molar-refractivity contribution in [3.05, 3.63) is 57.3 Å². The molecule has 134 valence electrons. The van der Waals surface area contributed by atoms with E-state index in [4.69, 9.17) is 0 Å². The highest BCUT2D eigenvalue weighted by Crippen LogP contribution is 2.23. The lowest BCUT2D eigenvalue weighted by Gasteiger charge is -2.26. The van der Waals surface area contributed by atoms with E-state index in [1.54, 1.807) is 0 Å². The van der Waals surface area contributed by atoms with Crippen molar-refractivity contribution < 1.29 is 4.79 Å². The van der Waals surface area contributed by atoms with Crippen molar-refractivity contribution in [3.8, 4) is 0 Å². The second-order valence-electron chi connectivity index (χ2n) is 7.34. The van der Waals surface area contributed by atoms with E-state index in [9.17, 15) is 4.79 Å². The number of carbonyl (C=O) groups excluding carboxylic acids is 1. The van der Waals surface area contributed by atoms with E-state index in [2.05, 4.69) is 59.8 Å². The van der Waals surface area contributed by atoms with Crippen LogP contribution in [0.25, 0.3) is 0 Å². The first kappa shape index (κ1) is 18.2. The van der Waals surface area contributed by atoms with Crippen molar-refractivity contribution in [3.63, 3.8) is 0 Å². The van der Waals surface area contributed by atoms with E-state index in [0.717, 1.165) is 44.6 Å². The van der Waals surface area contributed by atoms with Crippen LogP contribution in [0.4, 0.5) is 0 Å². The molecule has 1 aromatic heterocycles. The summed E-state index contributed by atoms with van der Waals surface area (Å²) < 4.78 is 0. The molecule has 1 aliphatic rings. The molecule has 1 aromatic carbocycles. The Morgan fingerprint density at radius 3 is 2.72 bits per heavy atom. The lowest BCUT2D eigenvalue weighted by atomic mass is 10.0. The first-order chi connectivity index (χ1) is 12.1. The maximum atomic E-state index is 12.1. The average molecular weight is 357 g/mol. The van der Waals surface area contributed by atoms with Crippen molar-refractivity contribution >= 4 is 17.2 Å². The van der Waals surface area contributed by atoms with E-state index in [1.807, 2.05) is 11.3 Å². The third-order valence-corrected chi connectivity index (χ3v) is 5.69. The monoisotopic (exact) mass is 356 g/mol. The summed E-state index contributed by atoms with van der Waals surface area (Å²) in [6.07, 6.45) is 2.70. The molecule has 2 aromatic rings. The van der Waals surface area contributed by atoms with E-state index < -0.39 is 0 Å². The molecule has 1 aliphatic heterocycles. The molecule has 1 amide bonds. The molecule has 0 spiro atoms. The molecule has 0 bridgehead atoms. The van der Waals surface area contributed by atoms with Gasteiger partial charge in [-0.15, -0.1) is 11.3 Å². The van der Waals surface area contributed by atoms with Gasteiger partial charge in [-0.05, 0) is 46.9 Å². The van der Waals surface area contributed by atoms with Crippen LogP contribution in [0.1, 0.15) is 35.4 Å². The largest absolute Gasteiger partial charge is 0.355 e. The van der Waals surface area contributed by atoms with Gasteiger partial charge < -0.3 is 5.32 Å². The molecule has 25 heavy (non-hydrogen) atoms. The SMILES string of the molecule is CC(C)Cc1ccc(CC(=O)NCCN2CCc3sccc3C2)cc1. The number of rotatable bonds is 7. The van der Waals surface area contributed by atoms with E-state index in [1.165, 1.54) is 16.0 Å².